The van der Waals surface area contributed by atoms with E-state index in [4.69, 9.17) is 5.11 Å². The van der Waals surface area contributed by atoms with E-state index in [1.807, 2.05) is 0 Å². The van der Waals surface area contributed by atoms with E-state index in [-0.39, 0.29) is 16.9 Å². The maximum atomic E-state index is 12.5. The van der Waals surface area contributed by atoms with E-state index in [9.17, 15) is 18.0 Å². The molecule has 1 heterocycles. The van der Waals surface area contributed by atoms with Crippen LogP contribution >= 0.6 is 23.1 Å². The van der Waals surface area contributed by atoms with Crippen molar-refractivity contribution in [1.29, 1.82) is 0 Å². The number of alkyl halides is 3. The van der Waals surface area contributed by atoms with Crippen LogP contribution in [0.5, 0.6) is 0 Å². The number of nitrogens with zero attached hydrogens (tertiary/aromatic N) is 3. The molecule has 1 saturated carbocycles. The molecule has 0 bridgehead atoms. The molecule has 19 heavy (non-hydrogen) atoms. The zero-order valence-electron chi connectivity index (χ0n) is 9.55. The molecule has 2 rings (SSSR count). The first-order valence-corrected chi connectivity index (χ1v) is 7.17. The van der Waals surface area contributed by atoms with Gasteiger partial charge in [0.15, 0.2) is 4.34 Å². The second-order valence-electron chi connectivity index (χ2n) is 4.01. The highest BCUT2D eigenvalue weighted by Crippen LogP contribution is 2.37. The third-order valence-corrected chi connectivity index (χ3v) is 4.38. The Morgan fingerprint density at radius 1 is 1.47 bits per heavy atom. The molecule has 1 aliphatic rings. The lowest BCUT2D eigenvalue weighted by atomic mass is 10.5. The fourth-order valence-electron chi connectivity index (χ4n) is 1.43. The summed E-state index contributed by atoms with van der Waals surface area (Å²) >= 11 is 1.95. The van der Waals surface area contributed by atoms with Crippen LogP contribution in [0.3, 0.4) is 0 Å². The van der Waals surface area contributed by atoms with Crippen molar-refractivity contribution in [2.45, 2.75) is 29.4 Å². The molecule has 1 aliphatic carbocycles. The van der Waals surface area contributed by atoms with Crippen LogP contribution < -0.4 is 4.90 Å². The molecule has 0 amide bonds. The zero-order chi connectivity index (χ0) is 14.0. The molecule has 1 aromatic rings. The van der Waals surface area contributed by atoms with E-state index >= 15 is 0 Å². The summed E-state index contributed by atoms with van der Waals surface area (Å²) in [6.07, 6.45) is -2.86. The standard InChI is InChI=1S/C9H10F3N3O2S2/c10-9(11,12)4-15(5-1-2-5)7-13-14-8(19-7)18-3-6(16)17/h5H,1-4H2,(H,16,17). The second kappa shape index (κ2) is 5.53. The summed E-state index contributed by atoms with van der Waals surface area (Å²) in [5.41, 5.74) is 0. The zero-order valence-corrected chi connectivity index (χ0v) is 11.2. The summed E-state index contributed by atoms with van der Waals surface area (Å²) in [7, 11) is 0. The van der Waals surface area contributed by atoms with Crippen LogP contribution in [0.25, 0.3) is 0 Å². The van der Waals surface area contributed by atoms with Crippen molar-refractivity contribution in [3.8, 4) is 0 Å². The van der Waals surface area contributed by atoms with Crippen molar-refractivity contribution in [3.05, 3.63) is 0 Å². The molecular weight excluding hydrogens is 303 g/mol. The number of hydrogen-bond acceptors (Lipinski definition) is 6. The Morgan fingerprint density at radius 2 is 2.16 bits per heavy atom. The summed E-state index contributed by atoms with van der Waals surface area (Å²) in [4.78, 5) is 11.6. The van der Waals surface area contributed by atoms with Gasteiger partial charge in [-0.05, 0) is 12.8 Å². The van der Waals surface area contributed by atoms with E-state index in [0.717, 1.165) is 23.1 Å². The third-order valence-electron chi connectivity index (χ3n) is 2.30. The van der Waals surface area contributed by atoms with Gasteiger partial charge in [0.1, 0.15) is 6.54 Å². The van der Waals surface area contributed by atoms with Crippen molar-refractivity contribution >= 4 is 34.2 Å². The predicted molar refractivity (Wildman–Crippen MR) is 64.7 cm³/mol. The number of carboxylic acids is 1. The van der Waals surface area contributed by atoms with E-state index in [0.29, 0.717) is 17.2 Å². The minimum absolute atomic E-state index is 0.133. The quantitative estimate of drug-likeness (QED) is 0.813. The van der Waals surface area contributed by atoms with Gasteiger partial charge in [0.05, 0.1) is 5.75 Å². The molecule has 0 spiro atoms. The summed E-state index contributed by atoms with van der Waals surface area (Å²) in [5, 5.41) is 16.1. The van der Waals surface area contributed by atoms with Gasteiger partial charge in [-0.25, -0.2) is 0 Å². The summed E-state index contributed by atoms with van der Waals surface area (Å²) in [6, 6.07) is -0.133. The highest BCUT2D eigenvalue weighted by molar-refractivity contribution is 8.01. The number of halogens is 3. The number of hydrogen-bond donors (Lipinski definition) is 1. The first-order chi connectivity index (χ1) is 8.85. The van der Waals surface area contributed by atoms with Crippen LogP contribution in [0, 0.1) is 0 Å². The highest BCUT2D eigenvalue weighted by atomic mass is 32.2. The molecule has 106 valence electrons. The Labute approximate surface area is 114 Å². The monoisotopic (exact) mass is 313 g/mol. The molecule has 0 aromatic carbocycles. The maximum Gasteiger partial charge on any atom is 0.406 e. The number of carbonyl (C=O) groups is 1. The Kier molecular flexibility index (Phi) is 4.19. The van der Waals surface area contributed by atoms with Crippen molar-refractivity contribution < 1.29 is 23.1 Å². The average molecular weight is 313 g/mol. The highest BCUT2D eigenvalue weighted by Gasteiger charge is 2.39. The molecule has 10 heteroatoms. The van der Waals surface area contributed by atoms with Gasteiger partial charge in [-0.1, -0.05) is 23.1 Å². The van der Waals surface area contributed by atoms with Gasteiger partial charge in [-0.2, -0.15) is 13.2 Å². The Morgan fingerprint density at radius 3 is 2.68 bits per heavy atom. The summed E-state index contributed by atoms with van der Waals surface area (Å²) < 4.78 is 37.8. The van der Waals surface area contributed by atoms with Crippen molar-refractivity contribution in [2.75, 3.05) is 17.2 Å². The van der Waals surface area contributed by atoms with Crippen molar-refractivity contribution in [1.82, 2.24) is 10.2 Å². The summed E-state index contributed by atoms with van der Waals surface area (Å²) in [6.45, 7) is -1.05. The Hall–Kier alpha value is -1.03. The molecule has 5 nitrogen and oxygen atoms in total. The van der Waals surface area contributed by atoms with Crippen molar-refractivity contribution in [3.63, 3.8) is 0 Å². The number of thioether (sulfide) groups is 1. The van der Waals surface area contributed by atoms with E-state index < -0.39 is 18.7 Å². The SMILES string of the molecule is O=C(O)CSc1nnc(N(CC(F)(F)F)C2CC2)s1. The molecular formula is C9H10F3N3O2S2. The largest absolute Gasteiger partial charge is 0.481 e. The van der Waals surface area contributed by atoms with Crippen LogP contribution in [-0.2, 0) is 4.79 Å². The molecule has 0 radical (unpaired) electrons. The van der Waals surface area contributed by atoms with E-state index in [1.165, 1.54) is 4.90 Å². The van der Waals surface area contributed by atoms with E-state index in [1.54, 1.807) is 0 Å². The lowest BCUT2D eigenvalue weighted by Crippen LogP contribution is -2.35. The van der Waals surface area contributed by atoms with Crippen LogP contribution in [0.4, 0.5) is 18.3 Å². The number of anilines is 1. The van der Waals surface area contributed by atoms with Gasteiger partial charge in [0, 0.05) is 6.04 Å². The fourth-order valence-corrected chi connectivity index (χ4v) is 3.06. The molecule has 1 N–H and O–H groups in total. The molecule has 0 unspecified atom stereocenters. The fraction of sp³-hybridized carbons (Fsp3) is 0.667. The van der Waals surface area contributed by atoms with Crippen LogP contribution in [0.15, 0.2) is 4.34 Å². The number of carboxylic acid groups (broad SMARTS) is 1. The number of aromatic nitrogens is 2. The minimum Gasteiger partial charge on any atom is -0.481 e. The van der Waals surface area contributed by atoms with Gasteiger partial charge in [-0.3, -0.25) is 4.79 Å². The number of rotatable bonds is 6. The smallest absolute Gasteiger partial charge is 0.406 e. The average Bonchev–Trinajstić information content (AvgIpc) is 3.01. The van der Waals surface area contributed by atoms with Gasteiger partial charge in [0.25, 0.3) is 0 Å². The topological polar surface area (TPSA) is 66.3 Å². The molecule has 1 aromatic heterocycles. The van der Waals surface area contributed by atoms with Gasteiger partial charge in [0.2, 0.25) is 5.13 Å². The maximum absolute atomic E-state index is 12.5. The second-order valence-corrected chi connectivity index (χ2v) is 6.19. The third kappa shape index (κ3) is 4.53. The Balaban J connectivity index is 2.03. The van der Waals surface area contributed by atoms with Crippen molar-refractivity contribution in [2.24, 2.45) is 0 Å². The number of aliphatic carboxylic acids is 1. The summed E-state index contributed by atoms with van der Waals surface area (Å²) in [5.74, 6) is -1.19. The van der Waals surface area contributed by atoms with Crippen LogP contribution in [0.2, 0.25) is 0 Å². The normalized spacial score (nSPS) is 15.5. The van der Waals surface area contributed by atoms with E-state index in [2.05, 4.69) is 10.2 Å². The minimum atomic E-state index is -4.29. The van der Waals surface area contributed by atoms with Crippen LogP contribution in [0.1, 0.15) is 12.8 Å². The lowest BCUT2D eigenvalue weighted by Gasteiger charge is -2.21. The van der Waals surface area contributed by atoms with Gasteiger partial charge >= 0.3 is 12.1 Å². The molecule has 1 fully saturated rings. The predicted octanol–water partition coefficient (Wildman–Crippen LogP) is 2.25. The first-order valence-electron chi connectivity index (χ1n) is 5.36. The van der Waals surface area contributed by atoms with Crippen LogP contribution in [-0.4, -0.2) is 45.8 Å². The van der Waals surface area contributed by atoms with Gasteiger partial charge in [-0.15, -0.1) is 10.2 Å². The molecule has 0 aliphatic heterocycles. The van der Waals surface area contributed by atoms with Gasteiger partial charge < -0.3 is 10.0 Å². The molecule has 0 saturated heterocycles. The lowest BCUT2D eigenvalue weighted by molar-refractivity contribution is -0.134. The first kappa shape index (κ1) is 14.4. The molecule has 0 atom stereocenters. The Bertz CT molecular complexity index is 462.